The van der Waals surface area contributed by atoms with Crippen molar-refractivity contribution in [3.63, 3.8) is 0 Å². The molecule has 0 radical (unpaired) electrons. The summed E-state index contributed by atoms with van der Waals surface area (Å²) in [6.45, 7) is 24.6. The summed E-state index contributed by atoms with van der Waals surface area (Å²) in [5.41, 5.74) is 0. The first kappa shape index (κ1) is 39.9. The second-order valence-corrected chi connectivity index (χ2v) is 25.3. The standard InChI is InChI=1S/C33H65NO7Si2/c1-13-14-15-19-26(40-42(9,10)32(2,3)4)21-22-27-28(23-25(34(37)38)18-16-17-20-31(36)39-8)29(35)24-30(27)41-43(11,12)33(5,6)7/h21-22,25-30,35H,13-20,23-24H2,1-12H3/b22-21+/t25?,26-,27+,28+,29+,30+/m0/s1. The molecule has 0 aromatic heterocycles. The second kappa shape index (κ2) is 17.0. The number of aliphatic hydroxyl groups is 1. The molecule has 8 nitrogen and oxygen atoms in total. The molecule has 1 aliphatic carbocycles. The number of unbranched alkanes of at least 4 members (excludes halogenated alkanes) is 3. The fourth-order valence-corrected chi connectivity index (χ4v) is 8.01. The monoisotopic (exact) mass is 643 g/mol. The van der Waals surface area contributed by atoms with Gasteiger partial charge in [-0.1, -0.05) is 79.9 Å². The predicted molar refractivity (Wildman–Crippen MR) is 181 cm³/mol. The van der Waals surface area contributed by atoms with Gasteiger partial charge in [0.1, 0.15) is 0 Å². The summed E-state index contributed by atoms with van der Waals surface area (Å²) in [6, 6.07) is -0.788. The van der Waals surface area contributed by atoms with Crippen molar-refractivity contribution < 1.29 is 28.4 Å². The van der Waals surface area contributed by atoms with Gasteiger partial charge in [-0.3, -0.25) is 14.9 Å². The van der Waals surface area contributed by atoms with E-state index in [1.807, 2.05) is 0 Å². The van der Waals surface area contributed by atoms with Gasteiger partial charge in [-0.05, 0) is 61.9 Å². The Morgan fingerprint density at radius 3 is 2.09 bits per heavy atom. The van der Waals surface area contributed by atoms with E-state index in [-0.39, 0.29) is 57.9 Å². The number of hydrogen-bond acceptors (Lipinski definition) is 7. The first-order chi connectivity index (χ1) is 19.7. The number of carbonyl (C=O) groups is 1. The third-order valence-electron chi connectivity index (χ3n) is 10.3. The van der Waals surface area contributed by atoms with Crippen LogP contribution in [-0.2, 0) is 18.4 Å². The van der Waals surface area contributed by atoms with Crippen LogP contribution in [0.4, 0.5) is 0 Å². The molecule has 0 bridgehead atoms. The van der Waals surface area contributed by atoms with E-state index < -0.39 is 28.8 Å². The highest BCUT2D eigenvalue weighted by molar-refractivity contribution is 6.74. The molecule has 6 atom stereocenters. The van der Waals surface area contributed by atoms with Crippen molar-refractivity contribution >= 4 is 22.6 Å². The molecule has 252 valence electrons. The highest BCUT2D eigenvalue weighted by atomic mass is 28.4. The van der Waals surface area contributed by atoms with Gasteiger partial charge in [0, 0.05) is 36.0 Å². The maximum Gasteiger partial charge on any atom is 0.305 e. The molecule has 0 heterocycles. The zero-order valence-corrected chi connectivity index (χ0v) is 31.5. The van der Waals surface area contributed by atoms with E-state index in [9.17, 15) is 20.0 Å². The SMILES string of the molecule is CCCCC[C@@H](/C=C/[C@@H]1[C@@H](CC(CCCCC(=O)OC)[N+](=O)[O-])[C@H](O)C[C@H]1O[Si](C)(C)C(C)(C)C)O[Si](C)(C)C(C)(C)C. The molecule has 0 aliphatic heterocycles. The van der Waals surface area contributed by atoms with Crippen molar-refractivity contribution in [2.75, 3.05) is 7.11 Å². The first-order valence-corrected chi connectivity index (χ1v) is 22.4. The second-order valence-electron chi connectivity index (χ2n) is 15.8. The summed E-state index contributed by atoms with van der Waals surface area (Å²) in [6.07, 6.45) is 10.2. The molecule has 1 unspecified atom stereocenters. The zero-order valence-electron chi connectivity index (χ0n) is 29.5. The summed E-state index contributed by atoms with van der Waals surface area (Å²) in [5, 5.41) is 23.6. The van der Waals surface area contributed by atoms with Gasteiger partial charge < -0.3 is 18.7 Å². The molecule has 0 aromatic carbocycles. The molecule has 1 fully saturated rings. The van der Waals surface area contributed by atoms with Gasteiger partial charge in [-0.2, -0.15) is 0 Å². The molecule has 0 aromatic rings. The van der Waals surface area contributed by atoms with Crippen molar-refractivity contribution in [3.05, 3.63) is 22.3 Å². The number of ether oxygens (including phenoxy) is 1. The maximum atomic E-state index is 12.2. The Labute approximate surface area is 265 Å². The molecule has 0 spiro atoms. The average molecular weight is 644 g/mol. The smallest absolute Gasteiger partial charge is 0.305 e. The van der Waals surface area contributed by atoms with Crippen molar-refractivity contribution in [3.8, 4) is 0 Å². The van der Waals surface area contributed by atoms with E-state index >= 15 is 0 Å². The lowest BCUT2D eigenvalue weighted by Gasteiger charge is -2.40. The summed E-state index contributed by atoms with van der Waals surface area (Å²) >= 11 is 0. The zero-order chi connectivity index (χ0) is 33.2. The van der Waals surface area contributed by atoms with E-state index in [0.717, 1.165) is 25.7 Å². The van der Waals surface area contributed by atoms with Crippen LogP contribution in [0.25, 0.3) is 0 Å². The minimum absolute atomic E-state index is 0.00143. The van der Waals surface area contributed by atoms with Crippen LogP contribution in [0, 0.1) is 22.0 Å². The fourth-order valence-electron chi connectivity index (χ4n) is 5.34. The van der Waals surface area contributed by atoms with Crippen molar-refractivity contribution in [2.24, 2.45) is 11.8 Å². The Morgan fingerprint density at radius 2 is 1.58 bits per heavy atom. The van der Waals surface area contributed by atoms with Crippen molar-refractivity contribution in [2.45, 2.75) is 173 Å². The van der Waals surface area contributed by atoms with E-state index in [0.29, 0.717) is 25.7 Å². The Bertz CT molecular complexity index is 895. The quantitative estimate of drug-likeness (QED) is 0.0398. The van der Waals surface area contributed by atoms with Crippen molar-refractivity contribution in [1.82, 2.24) is 0 Å². The van der Waals surface area contributed by atoms with E-state index in [1.165, 1.54) is 7.11 Å². The minimum atomic E-state index is -2.17. The molecular weight excluding hydrogens is 579 g/mol. The van der Waals surface area contributed by atoms with Gasteiger partial charge in [0.2, 0.25) is 6.04 Å². The Kier molecular flexibility index (Phi) is 15.8. The average Bonchev–Trinajstić information content (AvgIpc) is 3.15. The van der Waals surface area contributed by atoms with Gasteiger partial charge in [0.15, 0.2) is 16.6 Å². The number of esters is 1. The van der Waals surface area contributed by atoms with Crippen LogP contribution < -0.4 is 0 Å². The third-order valence-corrected chi connectivity index (χ3v) is 19.3. The van der Waals surface area contributed by atoms with E-state index in [4.69, 9.17) is 13.6 Å². The molecule has 1 saturated carbocycles. The summed E-state index contributed by atoms with van der Waals surface area (Å²) in [4.78, 5) is 23.5. The van der Waals surface area contributed by atoms with Gasteiger partial charge in [0.25, 0.3) is 0 Å². The number of hydrogen-bond donors (Lipinski definition) is 1. The summed E-state index contributed by atoms with van der Waals surface area (Å²) in [5.74, 6) is -0.724. The van der Waals surface area contributed by atoms with Gasteiger partial charge in [-0.15, -0.1) is 0 Å². The number of methoxy groups -OCH3 is 1. The Morgan fingerprint density at radius 1 is 1.00 bits per heavy atom. The molecule has 0 amide bonds. The maximum absolute atomic E-state index is 12.2. The largest absolute Gasteiger partial charge is 0.469 e. The van der Waals surface area contributed by atoms with Crippen LogP contribution in [0.15, 0.2) is 12.2 Å². The number of nitrogens with zero attached hydrogens (tertiary/aromatic N) is 1. The molecular formula is C33H65NO7Si2. The lowest BCUT2D eigenvalue weighted by molar-refractivity contribution is -0.526. The number of rotatable bonds is 18. The Hall–Kier alpha value is -1.08. The van der Waals surface area contributed by atoms with Crippen LogP contribution in [0.5, 0.6) is 0 Å². The van der Waals surface area contributed by atoms with Crippen LogP contribution in [0.1, 0.15) is 113 Å². The lowest BCUT2D eigenvalue weighted by atomic mass is 9.86. The highest BCUT2D eigenvalue weighted by Crippen LogP contribution is 2.45. The predicted octanol–water partition coefficient (Wildman–Crippen LogP) is 8.67. The number of carbonyl (C=O) groups excluding carboxylic acids is 1. The van der Waals surface area contributed by atoms with Crippen LogP contribution in [-0.4, -0.2) is 64.1 Å². The Balaban J connectivity index is 3.35. The van der Waals surface area contributed by atoms with Gasteiger partial charge in [-0.25, -0.2) is 0 Å². The van der Waals surface area contributed by atoms with Crippen molar-refractivity contribution in [1.29, 1.82) is 0 Å². The van der Waals surface area contributed by atoms with Gasteiger partial charge in [0.05, 0.1) is 25.4 Å². The third kappa shape index (κ3) is 12.7. The molecule has 0 saturated heterocycles. The fraction of sp³-hybridized carbons (Fsp3) is 0.909. The first-order valence-electron chi connectivity index (χ1n) is 16.6. The number of aliphatic hydroxyl groups excluding tert-OH is 1. The lowest BCUT2D eigenvalue weighted by Crippen LogP contribution is -2.45. The van der Waals surface area contributed by atoms with E-state index in [1.54, 1.807) is 0 Å². The highest BCUT2D eigenvalue weighted by Gasteiger charge is 2.49. The van der Waals surface area contributed by atoms with E-state index in [2.05, 4.69) is 86.8 Å². The minimum Gasteiger partial charge on any atom is -0.469 e. The van der Waals surface area contributed by atoms with Crippen LogP contribution in [0.3, 0.4) is 0 Å². The summed E-state index contributed by atoms with van der Waals surface area (Å²) in [7, 11) is -2.85. The normalized spacial score (nSPS) is 23.5. The molecule has 43 heavy (non-hydrogen) atoms. The molecule has 10 heteroatoms. The molecule has 1 rings (SSSR count). The van der Waals surface area contributed by atoms with Gasteiger partial charge >= 0.3 is 5.97 Å². The number of nitro groups is 1. The molecule has 1 N–H and O–H groups in total. The van der Waals surface area contributed by atoms with Crippen LogP contribution in [0.2, 0.25) is 36.3 Å². The van der Waals surface area contributed by atoms with Crippen LogP contribution >= 0.6 is 0 Å². The summed E-state index contributed by atoms with van der Waals surface area (Å²) < 4.78 is 18.5. The molecule has 1 aliphatic rings. The topological polar surface area (TPSA) is 108 Å².